The van der Waals surface area contributed by atoms with Gasteiger partial charge in [-0.2, -0.15) is 0 Å². The lowest BCUT2D eigenvalue weighted by Crippen LogP contribution is -2.53. The molecule has 3 aromatic rings. The van der Waals surface area contributed by atoms with Gasteiger partial charge in [0.25, 0.3) is 11.8 Å². The highest BCUT2D eigenvalue weighted by molar-refractivity contribution is 8.04. The predicted octanol–water partition coefficient (Wildman–Crippen LogP) is 5.43. The quantitative estimate of drug-likeness (QED) is 0.520. The van der Waals surface area contributed by atoms with Crippen LogP contribution in [0.4, 0.5) is 11.4 Å². The molecule has 1 saturated heterocycles. The summed E-state index contributed by atoms with van der Waals surface area (Å²) in [7, 11) is 0. The number of para-hydroxylation sites is 1. The van der Waals surface area contributed by atoms with Crippen LogP contribution in [0.15, 0.2) is 82.6 Å². The van der Waals surface area contributed by atoms with Crippen LogP contribution in [0.2, 0.25) is 0 Å². The van der Waals surface area contributed by atoms with Gasteiger partial charge in [-0.1, -0.05) is 48.2 Å². The first-order valence-corrected chi connectivity index (χ1v) is 12.3. The summed E-state index contributed by atoms with van der Waals surface area (Å²) in [6.07, 6.45) is 1.87. The fourth-order valence-electron chi connectivity index (χ4n) is 4.49. The van der Waals surface area contributed by atoms with Gasteiger partial charge in [0.05, 0.1) is 10.6 Å². The van der Waals surface area contributed by atoms with Gasteiger partial charge in [-0.05, 0) is 67.4 Å². The zero-order chi connectivity index (χ0) is 23.7. The Morgan fingerprint density at radius 1 is 1.03 bits per heavy atom. The van der Waals surface area contributed by atoms with Gasteiger partial charge < -0.3 is 15.1 Å². The van der Waals surface area contributed by atoms with Crippen molar-refractivity contribution in [2.75, 3.05) is 29.9 Å². The molecule has 2 amide bonds. The molecule has 0 saturated carbocycles. The van der Waals surface area contributed by atoms with Crippen molar-refractivity contribution in [3.8, 4) is 0 Å². The van der Waals surface area contributed by atoms with Crippen LogP contribution in [-0.4, -0.2) is 42.4 Å². The molecule has 34 heavy (non-hydrogen) atoms. The third kappa shape index (κ3) is 4.59. The minimum absolute atomic E-state index is 0.0497. The molecule has 2 aliphatic rings. The SMILES string of the molecule is Cc1cccc(N2CCN(C(=O)c3ccc(/C=C4/Sc5ccccc5NC4=O)cc3)C[C@H]2C)c1. The van der Waals surface area contributed by atoms with E-state index in [4.69, 9.17) is 0 Å². The third-order valence-electron chi connectivity index (χ3n) is 6.28. The Hall–Kier alpha value is -3.51. The first-order valence-electron chi connectivity index (χ1n) is 11.5. The fraction of sp³-hybridized carbons (Fsp3) is 0.214. The van der Waals surface area contributed by atoms with Crippen LogP contribution in [0.3, 0.4) is 0 Å². The van der Waals surface area contributed by atoms with Crippen LogP contribution in [0.1, 0.15) is 28.4 Å². The zero-order valence-electron chi connectivity index (χ0n) is 19.3. The van der Waals surface area contributed by atoms with E-state index >= 15 is 0 Å². The van der Waals surface area contributed by atoms with Gasteiger partial charge in [0, 0.05) is 41.8 Å². The van der Waals surface area contributed by atoms with E-state index in [-0.39, 0.29) is 17.9 Å². The molecule has 1 N–H and O–H groups in total. The summed E-state index contributed by atoms with van der Waals surface area (Å²) in [6.45, 7) is 6.47. The smallest absolute Gasteiger partial charge is 0.262 e. The number of carbonyl (C=O) groups is 2. The second-order valence-electron chi connectivity index (χ2n) is 8.82. The number of fused-ring (bicyclic) bond motifs is 1. The molecule has 5 rings (SSSR count). The average Bonchev–Trinajstić information content (AvgIpc) is 2.84. The number of aryl methyl sites for hydroxylation is 1. The summed E-state index contributed by atoms with van der Waals surface area (Å²) in [5.41, 5.74) is 4.86. The van der Waals surface area contributed by atoms with Gasteiger partial charge >= 0.3 is 0 Å². The van der Waals surface area contributed by atoms with E-state index in [0.29, 0.717) is 23.6 Å². The zero-order valence-corrected chi connectivity index (χ0v) is 20.1. The molecule has 172 valence electrons. The molecule has 0 aliphatic carbocycles. The number of anilines is 2. The van der Waals surface area contributed by atoms with Gasteiger partial charge in [0.1, 0.15) is 0 Å². The Balaban J connectivity index is 1.26. The van der Waals surface area contributed by atoms with E-state index in [1.54, 1.807) is 0 Å². The molecule has 0 spiro atoms. The average molecular weight is 470 g/mol. The van der Waals surface area contributed by atoms with E-state index in [0.717, 1.165) is 22.7 Å². The molecule has 2 heterocycles. The normalized spacial score (nSPS) is 19.1. The maximum atomic E-state index is 13.2. The third-order valence-corrected chi connectivity index (χ3v) is 7.38. The Labute approximate surface area is 204 Å². The molecular weight excluding hydrogens is 442 g/mol. The second kappa shape index (κ2) is 9.39. The molecule has 5 nitrogen and oxygen atoms in total. The number of thioether (sulfide) groups is 1. The Bertz CT molecular complexity index is 1270. The maximum absolute atomic E-state index is 13.2. The number of hydrogen-bond acceptors (Lipinski definition) is 4. The Morgan fingerprint density at radius 2 is 1.82 bits per heavy atom. The summed E-state index contributed by atoms with van der Waals surface area (Å²) < 4.78 is 0. The number of amides is 2. The highest BCUT2D eigenvalue weighted by Crippen LogP contribution is 2.38. The van der Waals surface area contributed by atoms with Gasteiger partial charge in [-0.25, -0.2) is 0 Å². The molecule has 6 heteroatoms. The number of nitrogens with zero attached hydrogens (tertiary/aromatic N) is 2. The van der Waals surface area contributed by atoms with Crippen LogP contribution >= 0.6 is 11.8 Å². The second-order valence-corrected chi connectivity index (χ2v) is 9.90. The topological polar surface area (TPSA) is 52.6 Å². The first kappa shape index (κ1) is 22.3. The van der Waals surface area contributed by atoms with E-state index in [1.165, 1.54) is 23.0 Å². The molecule has 1 atom stereocenters. The lowest BCUT2D eigenvalue weighted by atomic mass is 10.1. The number of benzene rings is 3. The van der Waals surface area contributed by atoms with Crippen molar-refractivity contribution in [2.45, 2.75) is 24.8 Å². The molecular formula is C28H27N3O2S. The number of nitrogens with one attached hydrogen (secondary N) is 1. The minimum Gasteiger partial charge on any atom is -0.365 e. The molecule has 0 bridgehead atoms. The standard InChI is InChI=1S/C28H27N3O2S/c1-19-6-5-7-23(16-19)31-15-14-30(18-20(31)2)28(33)22-12-10-21(11-13-22)17-26-27(32)29-24-8-3-4-9-25(24)34-26/h3-13,16-17,20H,14-15,18H2,1-2H3,(H,29,32)/b26-17+/t20-/m1/s1. The lowest BCUT2D eigenvalue weighted by Gasteiger charge is -2.41. The number of carbonyl (C=O) groups excluding carboxylic acids is 2. The van der Waals surface area contributed by atoms with Crippen LogP contribution in [0, 0.1) is 6.92 Å². The van der Waals surface area contributed by atoms with Crippen molar-refractivity contribution < 1.29 is 9.59 Å². The van der Waals surface area contributed by atoms with Crippen molar-refractivity contribution in [3.63, 3.8) is 0 Å². The van der Waals surface area contributed by atoms with Crippen LogP contribution in [-0.2, 0) is 4.79 Å². The maximum Gasteiger partial charge on any atom is 0.262 e. The summed E-state index contributed by atoms with van der Waals surface area (Å²) in [4.78, 5) is 31.6. The van der Waals surface area contributed by atoms with Crippen LogP contribution < -0.4 is 10.2 Å². The van der Waals surface area contributed by atoms with E-state index < -0.39 is 0 Å². The van der Waals surface area contributed by atoms with Crippen molar-refractivity contribution in [2.24, 2.45) is 0 Å². The molecule has 2 aliphatic heterocycles. The monoisotopic (exact) mass is 469 g/mol. The van der Waals surface area contributed by atoms with Gasteiger partial charge in [0.2, 0.25) is 0 Å². The van der Waals surface area contributed by atoms with E-state index in [2.05, 4.69) is 48.3 Å². The van der Waals surface area contributed by atoms with Crippen molar-refractivity contribution >= 4 is 41.0 Å². The Morgan fingerprint density at radius 3 is 2.59 bits per heavy atom. The van der Waals surface area contributed by atoms with E-state index in [1.807, 2.05) is 59.5 Å². The summed E-state index contributed by atoms with van der Waals surface area (Å²) in [5.74, 6) is -0.0574. The van der Waals surface area contributed by atoms with E-state index in [9.17, 15) is 9.59 Å². The lowest BCUT2D eigenvalue weighted by molar-refractivity contribution is -0.112. The summed E-state index contributed by atoms with van der Waals surface area (Å²) in [5, 5.41) is 2.93. The number of rotatable bonds is 3. The molecule has 3 aromatic carbocycles. The predicted molar refractivity (Wildman–Crippen MR) is 139 cm³/mol. The van der Waals surface area contributed by atoms with Gasteiger partial charge in [-0.3, -0.25) is 9.59 Å². The minimum atomic E-state index is -0.107. The number of hydrogen-bond donors (Lipinski definition) is 1. The summed E-state index contributed by atoms with van der Waals surface area (Å²) >= 11 is 1.46. The van der Waals surface area contributed by atoms with Gasteiger partial charge in [-0.15, -0.1) is 0 Å². The fourth-order valence-corrected chi connectivity index (χ4v) is 5.44. The molecule has 0 aromatic heterocycles. The van der Waals surface area contributed by atoms with Crippen LogP contribution in [0.5, 0.6) is 0 Å². The van der Waals surface area contributed by atoms with Crippen molar-refractivity contribution in [3.05, 3.63) is 94.4 Å². The van der Waals surface area contributed by atoms with Crippen LogP contribution in [0.25, 0.3) is 6.08 Å². The van der Waals surface area contributed by atoms with Gasteiger partial charge in [0.15, 0.2) is 0 Å². The summed E-state index contributed by atoms with van der Waals surface area (Å²) in [6, 6.07) is 24.0. The molecule has 1 fully saturated rings. The first-order chi connectivity index (χ1) is 16.5. The molecule has 0 radical (unpaired) electrons. The highest BCUT2D eigenvalue weighted by Gasteiger charge is 2.27. The number of piperazine rings is 1. The highest BCUT2D eigenvalue weighted by atomic mass is 32.2. The largest absolute Gasteiger partial charge is 0.365 e. The van der Waals surface area contributed by atoms with Crippen molar-refractivity contribution in [1.82, 2.24) is 4.90 Å². The molecule has 0 unspecified atom stereocenters. The van der Waals surface area contributed by atoms with Crippen molar-refractivity contribution in [1.29, 1.82) is 0 Å². The Kier molecular flexibility index (Phi) is 6.16.